The predicted molar refractivity (Wildman–Crippen MR) is 71.0 cm³/mol. The number of piperidine rings is 1. The van der Waals surface area contributed by atoms with Crippen LogP contribution in [0.25, 0.3) is 0 Å². The van der Waals surface area contributed by atoms with Crippen LogP contribution in [0.2, 0.25) is 0 Å². The van der Waals surface area contributed by atoms with Crippen molar-refractivity contribution < 1.29 is 14.4 Å². The fraction of sp³-hybridized carbons (Fsp3) is 0.400. The van der Waals surface area contributed by atoms with E-state index in [1.54, 1.807) is 4.90 Å². The maximum Gasteiger partial charge on any atom is 0.249 e. The van der Waals surface area contributed by atoms with Crippen molar-refractivity contribution in [1.82, 2.24) is 5.32 Å². The lowest BCUT2D eigenvalue weighted by Crippen LogP contribution is -2.54. The summed E-state index contributed by atoms with van der Waals surface area (Å²) in [5.74, 6) is -0.595. The summed E-state index contributed by atoms with van der Waals surface area (Å²) < 4.78 is 0. The highest BCUT2D eigenvalue weighted by molar-refractivity contribution is 6.15. The van der Waals surface area contributed by atoms with Gasteiger partial charge in [-0.3, -0.25) is 24.6 Å². The fourth-order valence-electron chi connectivity index (χ4n) is 3.39. The minimum absolute atomic E-state index is 0.0215. The summed E-state index contributed by atoms with van der Waals surface area (Å²) in [7, 11) is 0. The molecule has 1 unspecified atom stereocenters. The van der Waals surface area contributed by atoms with Gasteiger partial charge in [-0.1, -0.05) is 18.2 Å². The molecule has 0 aromatic heterocycles. The Bertz CT molecular complexity index is 648. The van der Waals surface area contributed by atoms with Gasteiger partial charge >= 0.3 is 0 Å². The highest BCUT2D eigenvalue weighted by Crippen LogP contribution is 2.57. The molecular formula is C15H14N2O3. The van der Waals surface area contributed by atoms with Gasteiger partial charge in [0.1, 0.15) is 6.04 Å². The topological polar surface area (TPSA) is 66.5 Å². The second-order valence-corrected chi connectivity index (χ2v) is 5.74. The number of imide groups is 1. The van der Waals surface area contributed by atoms with E-state index in [9.17, 15) is 14.4 Å². The van der Waals surface area contributed by atoms with Crippen LogP contribution in [0, 0.1) is 0 Å². The Hall–Kier alpha value is -2.17. The third-order valence-corrected chi connectivity index (χ3v) is 4.58. The SMILES string of the molecule is O=C1CCC(N2C(=O)C3(CC3)c3ccccc32)C(=O)N1. The Balaban J connectivity index is 1.78. The third kappa shape index (κ3) is 1.35. The summed E-state index contributed by atoms with van der Waals surface area (Å²) >= 11 is 0. The molecule has 4 rings (SSSR count). The van der Waals surface area contributed by atoms with Crippen LogP contribution in [0.15, 0.2) is 24.3 Å². The Labute approximate surface area is 115 Å². The summed E-state index contributed by atoms with van der Waals surface area (Å²) in [6.07, 6.45) is 2.40. The van der Waals surface area contributed by atoms with Gasteiger partial charge < -0.3 is 0 Å². The normalized spacial score (nSPS) is 26.7. The van der Waals surface area contributed by atoms with E-state index in [1.807, 2.05) is 24.3 Å². The molecule has 5 nitrogen and oxygen atoms in total. The molecule has 102 valence electrons. The number of hydrogen-bond acceptors (Lipinski definition) is 3. The van der Waals surface area contributed by atoms with Gasteiger partial charge in [-0.2, -0.15) is 0 Å². The first-order valence-corrected chi connectivity index (χ1v) is 6.90. The molecule has 1 aliphatic carbocycles. The monoisotopic (exact) mass is 270 g/mol. The van der Waals surface area contributed by atoms with E-state index in [4.69, 9.17) is 0 Å². The number of hydrogen-bond donors (Lipinski definition) is 1. The molecule has 1 aromatic rings. The zero-order valence-electron chi connectivity index (χ0n) is 10.9. The van der Waals surface area contributed by atoms with Crippen molar-refractivity contribution in [2.45, 2.75) is 37.1 Å². The first-order valence-electron chi connectivity index (χ1n) is 6.90. The number of carbonyl (C=O) groups excluding carboxylic acids is 3. The van der Waals surface area contributed by atoms with Gasteiger partial charge in [0.25, 0.3) is 0 Å². The zero-order valence-corrected chi connectivity index (χ0v) is 10.9. The van der Waals surface area contributed by atoms with E-state index in [0.29, 0.717) is 6.42 Å². The molecule has 1 atom stereocenters. The molecule has 20 heavy (non-hydrogen) atoms. The average Bonchev–Trinajstić information content (AvgIpc) is 3.19. The summed E-state index contributed by atoms with van der Waals surface area (Å²) in [5, 5.41) is 2.33. The number of carbonyl (C=O) groups is 3. The molecule has 1 spiro atoms. The Kier molecular flexibility index (Phi) is 2.14. The number of rotatable bonds is 1. The molecule has 3 aliphatic rings. The molecule has 0 radical (unpaired) electrons. The Morgan fingerprint density at radius 3 is 2.60 bits per heavy atom. The first kappa shape index (κ1) is 11.6. The number of nitrogens with zero attached hydrogens (tertiary/aromatic N) is 1. The quantitative estimate of drug-likeness (QED) is 0.770. The van der Waals surface area contributed by atoms with Crippen LogP contribution >= 0.6 is 0 Å². The van der Waals surface area contributed by atoms with E-state index in [0.717, 1.165) is 24.1 Å². The van der Waals surface area contributed by atoms with Gasteiger partial charge in [-0.25, -0.2) is 0 Å². The largest absolute Gasteiger partial charge is 0.299 e. The predicted octanol–water partition coefficient (Wildman–Crippen LogP) is 0.870. The van der Waals surface area contributed by atoms with Crippen LogP contribution < -0.4 is 10.2 Å². The molecular weight excluding hydrogens is 256 g/mol. The van der Waals surface area contributed by atoms with Gasteiger partial charge in [-0.05, 0) is 30.9 Å². The van der Waals surface area contributed by atoms with E-state index >= 15 is 0 Å². The summed E-state index contributed by atoms with van der Waals surface area (Å²) in [6, 6.07) is 7.13. The molecule has 2 heterocycles. The van der Waals surface area contributed by atoms with Gasteiger partial charge in [0.2, 0.25) is 17.7 Å². The van der Waals surface area contributed by atoms with Gasteiger partial charge in [0.05, 0.1) is 5.41 Å². The zero-order chi connectivity index (χ0) is 13.9. The van der Waals surface area contributed by atoms with Crippen molar-refractivity contribution in [2.75, 3.05) is 4.90 Å². The molecule has 1 saturated carbocycles. The standard InChI is InChI=1S/C15H14N2O3/c18-12-6-5-11(13(19)16-12)17-10-4-2-1-3-9(10)15(7-8-15)14(17)20/h1-4,11H,5-8H2,(H,16,18,19). The van der Waals surface area contributed by atoms with Crippen molar-refractivity contribution in [3.05, 3.63) is 29.8 Å². The molecule has 1 N–H and O–H groups in total. The van der Waals surface area contributed by atoms with Gasteiger partial charge in [0.15, 0.2) is 0 Å². The minimum atomic E-state index is -0.554. The number of amides is 3. The number of para-hydroxylation sites is 1. The fourth-order valence-corrected chi connectivity index (χ4v) is 3.39. The Morgan fingerprint density at radius 2 is 1.90 bits per heavy atom. The highest BCUT2D eigenvalue weighted by atomic mass is 16.2. The number of nitrogens with one attached hydrogen (secondary N) is 1. The summed E-state index contributed by atoms with van der Waals surface area (Å²) in [4.78, 5) is 37.7. The van der Waals surface area contributed by atoms with Crippen molar-refractivity contribution in [3.63, 3.8) is 0 Å². The average molecular weight is 270 g/mol. The lowest BCUT2D eigenvalue weighted by molar-refractivity contribution is -0.135. The van der Waals surface area contributed by atoms with Crippen molar-refractivity contribution in [2.24, 2.45) is 0 Å². The van der Waals surface area contributed by atoms with Crippen LogP contribution in [0.5, 0.6) is 0 Å². The van der Waals surface area contributed by atoms with E-state index in [1.165, 1.54) is 0 Å². The summed E-state index contributed by atoms with van der Waals surface area (Å²) in [5.41, 5.74) is 1.48. The van der Waals surface area contributed by atoms with E-state index in [2.05, 4.69) is 5.32 Å². The molecule has 2 aliphatic heterocycles. The van der Waals surface area contributed by atoms with Crippen LogP contribution in [-0.4, -0.2) is 23.8 Å². The number of fused-ring (bicyclic) bond motifs is 2. The molecule has 1 aromatic carbocycles. The van der Waals surface area contributed by atoms with E-state index in [-0.39, 0.29) is 24.1 Å². The van der Waals surface area contributed by atoms with Crippen molar-refractivity contribution in [3.8, 4) is 0 Å². The smallest absolute Gasteiger partial charge is 0.249 e. The first-order chi connectivity index (χ1) is 9.63. The van der Waals surface area contributed by atoms with Gasteiger partial charge in [-0.15, -0.1) is 0 Å². The molecule has 0 bridgehead atoms. The van der Waals surface area contributed by atoms with E-state index < -0.39 is 11.5 Å². The molecule has 5 heteroatoms. The van der Waals surface area contributed by atoms with Crippen LogP contribution in [-0.2, 0) is 19.8 Å². The molecule has 1 saturated heterocycles. The molecule has 3 amide bonds. The number of anilines is 1. The highest BCUT2D eigenvalue weighted by Gasteiger charge is 2.60. The number of benzene rings is 1. The summed E-state index contributed by atoms with van der Waals surface area (Å²) in [6.45, 7) is 0. The van der Waals surface area contributed by atoms with Crippen LogP contribution in [0.1, 0.15) is 31.2 Å². The minimum Gasteiger partial charge on any atom is -0.299 e. The maximum atomic E-state index is 12.7. The lowest BCUT2D eigenvalue weighted by Gasteiger charge is -2.30. The van der Waals surface area contributed by atoms with Crippen molar-refractivity contribution in [1.29, 1.82) is 0 Å². The molecule has 2 fully saturated rings. The van der Waals surface area contributed by atoms with Gasteiger partial charge in [0, 0.05) is 12.1 Å². The second kappa shape index (κ2) is 3.69. The lowest BCUT2D eigenvalue weighted by atomic mass is 9.98. The maximum absolute atomic E-state index is 12.7. The second-order valence-electron chi connectivity index (χ2n) is 5.74. The van der Waals surface area contributed by atoms with Crippen LogP contribution in [0.4, 0.5) is 5.69 Å². The Morgan fingerprint density at radius 1 is 1.15 bits per heavy atom. The van der Waals surface area contributed by atoms with Crippen LogP contribution in [0.3, 0.4) is 0 Å². The van der Waals surface area contributed by atoms with Crippen molar-refractivity contribution >= 4 is 23.4 Å². The third-order valence-electron chi connectivity index (χ3n) is 4.58.